The Kier molecular flexibility index (Phi) is 3.69. The molecule has 4 heterocycles. The van der Waals surface area contributed by atoms with Gasteiger partial charge in [-0.3, -0.25) is 4.79 Å². The zero-order valence-electron chi connectivity index (χ0n) is 13.7. The number of H-pyrrole nitrogens is 1. The summed E-state index contributed by atoms with van der Waals surface area (Å²) in [6.45, 7) is 5.52. The summed E-state index contributed by atoms with van der Waals surface area (Å²) >= 11 is 1.84. The molecule has 3 aromatic heterocycles. The van der Waals surface area contributed by atoms with Crippen LogP contribution in [0.2, 0.25) is 0 Å². The molecule has 1 N–H and O–H groups in total. The molecule has 0 saturated carbocycles. The average Bonchev–Trinajstić information content (AvgIpc) is 3.07. The molecule has 6 heteroatoms. The van der Waals surface area contributed by atoms with Crippen LogP contribution in [0.1, 0.15) is 21.7 Å². The number of aromatic nitrogens is 3. The molecule has 0 bridgehead atoms. The van der Waals surface area contributed by atoms with Gasteiger partial charge in [0.25, 0.3) is 5.56 Å². The van der Waals surface area contributed by atoms with E-state index in [4.69, 9.17) is 0 Å². The predicted molar refractivity (Wildman–Crippen MR) is 96.6 cm³/mol. The van der Waals surface area contributed by atoms with Crippen LogP contribution < -0.4 is 10.5 Å². The van der Waals surface area contributed by atoms with Crippen LogP contribution in [0.5, 0.6) is 0 Å². The van der Waals surface area contributed by atoms with Crippen LogP contribution in [-0.4, -0.2) is 21.5 Å². The number of hydrogen-bond acceptors (Lipinski definition) is 5. The van der Waals surface area contributed by atoms with E-state index in [0.29, 0.717) is 11.4 Å². The maximum absolute atomic E-state index is 11.9. The lowest BCUT2D eigenvalue weighted by atomic mass is 10.1. The largest absolute Gasteiger partial charge is 0.352 e. The van der Waals surface area contributed by atoms with Gasteiger partial charge in [0, 0.05) is 41.0 Å². The van der Waals surface area contributed by atoms with E-state index in [-0.39, 0.29) is 5.56 Å². The van der Waals surface area contributed by atoms with Gasteiger partial charge in [0.05, 0.1) is 0 Å². The fraction of sp³-hybridized carbons (Fsp3) is 0.278. The molecule has 122 valence electrons. The molecular formula is C18H18N4OS. The lowest BCUT2D eigenvalue weighted by molar-refractivity contribution is 0.732. The van der Waals surface area contributed by atoms with Crippen LogP contribution in [0.25, 0.3) is 11.4 Å². The highest BCUT2D eigenvalue weighted by Gasteiger charge is 2.18. The van der Waals surface area contributed by atoms with Crippen molar-refractivity contribution in [2.75, 3.05) is 11.4 Å². The number of fused-ring (bicyclic) bond motifs is 1. The van der Waals surface area contributed by atoms with Crippen molar-refractivity contribution in [2.24, 2.45) is 0 Å². The Morgan fingerprint density at radius 1 is 1.25 bits per heavy atom. The number of hydrogen-bond donors (Lipinski definition) is 1. The molecule has 0 aliphatic carbocycles. The Bertz CT molecular complexity index is 942. The second kappa shape index (κ2) is 5.87. The van der Waals surface area contributed by atoms with Gasteiger partial charge < -0.3 is 9.88 Å². The Balaban J connectivity index is 1.61. The topological polar surface area (TPSA) is 61.9 Å². The van der Waals surface area contributed by atoms with Crippen molar-refractivity contribution in [3.63, 3.8) is 0 Å². The third kappa shape index (κ3) is 2.63. The van der Waals surface area contributed by atoms with E-state index < -0.39 is 0 Å². The van der Waals surface area contributed by atoms with Crippen LogP contribution in [-0.2, 0) is 13.0 Å². The molecule has 0 saturated heterocycles. The molecule has 24 heavy (non-hydrogen) atoms. The number of anilines is 1. The minimum Gasteiger partial charge on any atom is -0.352 e. The summed E-state index contributed by atoms with van der Waals surface area (Å²) in [6, 6.07) is 6.17. The summed E-state index contributed by atoms with van der Waals surface area (Å²) in [5.74, 6) is 1.53. The molecule has 1 aliphatic rings. The number of aryl methyl sites for hydroxylation is 1. The maximum atomic E-state index is 11.9. The van der Waals surface area contributed by atoms with Crippen molar-refractivity contribution in [1.82, 2.24) is 15.0 Å². The molecule has 4 rings (SSSR count). The quantitative estimate of drug-likeness (QED) is 0.780. The molecule has 0 atom stereocenters. The molecule has 0 amide bonds. The Labute approximate surface area is 144 Å². The summed E-state index contributed by atoms with van der Waals surface area (Å²) in [7, 11) is 0. The third-order valence-electron chi connectivity index (χ3n) is 4.55. The second-order valence-corrected chi connectivity index (χ2v) is 7.07. The highest BCUT2D eigenvalue weighted by Crippen LogP contribution is 2.27. The Morgan fingerprint density at radius 2 is 2.12 bits per heavy atom. The highest BCUT2D eigenvalue weighted by atomic mass is 32.1. The van der Waals surface area contributed by atoms with Gasteiger partial charge in [-0.05, 0) is 49.4 Å². The van der Waals surface area contributed by atoms with Gasteiger partial charge in [-0.2, -0.15) is 0 Å². The average molecular weight is 338 g/mol. The van der Waals surface area contributed by atoms with E-state index in [0.717, 1.165) is 36.6 Å². The smallest absolute Gasteiger partial charge is 0.254 e. The fourth-order valence-corrected chi connectivity index (χ4v) is 3.83. The van der Waals surface area contributed by atoms with E-state index >= 15 is 0 Å². The Hall–Kier alpha value is -2.47. The van der Waals surface area contributed by atoms with Gasteiger partial charge in [0.15, 0.2) is 0 Å². The summed E-state index contributed by atoms with van der Waals surface area (Å²) < 4.78 is 0. The van der Waals surface area contributed by atoms with Crippen LogP contribution in [0.3, 0.4) is 0 Å². The number of thiophene rings is 1. The number of nitrogens with one attached hydrogen (secondary N) is 1. The first-order valence-electron chi connectivity index (χ1n) is 7.96. The van der Waals surface area contributed by atoms with E-state index in [9.17, 15) is 4.79 Å². The van der Waals surface area contributed by atoms with E-state index in [1.807, 2.05) is 30.4 Å². The van der Waals surface area contributed by atoms with Gasteiger partial charge in [-0.25, -0.2) is 9.97 Å². The van der Waals surface area contributed by atoms with E-state index in [2.05, 4.69) is 31.3 Å². The molecule has 0 radical (unpaired) electrons. The van der Waals surface area contributed by atoms with Crippen molar-refractivity contribution in [1.29, 1.82) is 0 Å². The number of nitrogens with zero attached hydrogens (tertiary/aromatic N) is 3. The van der Waals surface area contributed by atoms with Crippen molar-refractivity contribution in [3.05, 3.63) is 61.8 Å². The summed E-state index contributed by atoms with van der Waals surface area (Å²) in [6.07, 6.45) is 2.86. The summed E-state index contributed by atoms with van der Waals surface area (Å²) in [5.41, 5.74) is 3.54. The number of aromatic amines is 1. The van der Waals surface area contributed by atoms with Crippen molar-refractivity contribution in [3.8, 4) is 11.4 Å². The monoisotopic (exact) mass is 338 g/mol. The molecular weight excluding hydrogens is 320 g/mol. The highest BCUT2D eigenvalue weighted by molar-refractivity contribution is 7.10. The maximum Gasteiger partial charge on any atom is 0.254 e. The Morgan fingerprint density at radius 3 is 2.88 bits per heavy atom. The van der Waals surface area contributed by atoms with Crippen LogP contribution >= 0.6 is 11.3 Å². The normalized spacial score (nSPS) is 13.8. The molecule has 0 spiro atoms. The molecule has 0 aromatic carbocycles. The van der Waals surface area contributed by atoms with Crippen molar-refractivity contribution >= 4 is 17.2 Å². The third-order valence-corrected chi connectivity index (χ3v) is 5.57. The fourth-order valence-electron chi connectivity index (χ4n) is 2.94. The van der Waals surface area contributed by atoms with Gasteiger partial charge in [-0.15, -0.1) is 11.3 Å². The minimum absolute atomic E-state index is 0.0948. The lowest BCUT2D eigenvalue weighted by Crippen LogP contribution is -2.30. The first-order valence-corrected chi connectivity index (χ1v) is 8.84. The van der Waals surface area contributed by atoms with Gasteiger partial charge in [0.1, 0.15) is 11.6 Å². The van der Waals surface area contributed by atoms with Gasteiger partial charge >= 0.3 is 0 Å². The molecule has 1 aliphatic heterocycles. The zero-order valence-corrected chi connectivity index (χ0v) is 14.5. The standard InChI is InChI=1S/C18H18N4OS/c1-11-12(2)20-17(21-18(11)23)13-3-4-16(19-9-13)22-7-5-15-14(10-22)6-8-24-15/h3-4,6,8-9H,5,7,10H2,1-2H3,(H,20,21,23). The summed E-state index contributed by atoms with van der Waals surface area (Å²) in [5, 5.41) is 2.16. The van der Waals surface area contributed by atoms with Gasteiger partial charge in [-0.1, -0.05) is 0 Å². The zero-order chi connectivity index (χ0) is 16.7. The number of rotatable bonds is 2. The van der Waals surface area contributed by atoms with Crippen molar-refractivity contribution < 1.29 is 0 Å². The summed E-state index contributed by atoms with van der Waals surface area (Å²) in [4.78, 5) is 27.6. The van der Waals surface area contributed by atoms with E-state index in [1.54, 1.807) is 13.1 Å². The van der Waals surface area contributed by atoms with E-state index in [1.165, 1.54) is 10.4 Å². The predicted octanol–water partition coefficient (Wildman–Crippen LogP) is 3.07. The molecule has 0 fully saturated rings. The lowest BCUT2D eigenvalue weighted by Gasteiger charge is -2.28. The van der Waals surface area contributed by atoms with Gasteiger partial charge in [0.2, 0.25) is 0 Å². The van der Waals surface area contributed by atoms with Crippen LogP contribution in [0.15, 0.2) is 34.6 Å². The number of pyridine rings is 1. The first kappa shape index (κ1) is 15.1. The van der Waals surface area contributed by atoms with Crippen molar-refractivity contribution in [2.45, 2.75) is 26.8 Å². The molecule has 0 unspecified atom stereocenters. The van der Waals surface area contributed by atoms with Crippen LogP contribution in [0.4, 0.5) is 5.82 Å². The SMILES string of the molecule is Cc1nc(-c2ccc(N3CCc4sccc4C3)nc2)[nH]c(=O)c1C. The molecule has 5 nitrogen and oxygen atoms in total. The minimum atomic E-state index is -0.0948. The molecule has 3 aromatic rings. The van der Waals surface area contributed by atoms with Crippen LogP contribution in [0, 0.1) is 13.8 Å². The second-order valence-electron chi connectivity index (χ2n) is 6.07. The first-order chi connectivity index (χ1) is 11.6.